The molecule has 0 fully saturated rings. The molecule has 76 valence electrons. The standard InChI is InChI=1S/C6H7N3O4S/c1-8-3-7-5(9(12)13)6(8)14-2-4(10)11/h3H,2H2,1H3,(H-,10,11,12,13)/p+1. The molecule has 7 nitrogen and oxygen atoms in total. The highest BCUT2D eigenvalue weighted by Gasteiger charge is 2.24. The molecule has 1 heterocycles. The summed E-state index contributed by atoms with van der Waals surface area (Å²) in [5, 5.41) is 17.4. The van der Waals surface area contributed by atoms with Gasteiger partial charge in [-0.05, 0) is 9.89 Å². The Labute approximate surface area is 82.9 Å². The van der Waals surface area contributed by atoms with Crippen molar-refractivity contribution in [3.05, 3.63) is 11.2 Å². The topological polar surface area (TPSA) is 95.4 Å². The molecule has 2 N–H and O–H groups in total. The monoisotopic (exact) mass is 218 g/mol. The average Bonchev–Trinajstić information content (AvgIpc) is 2.43. The van der Waals surface area contributed by atoms with Crippen LogP contribution in [0.5, 0.6) is 0 Å². The fraction of sp³-hybridized carbons (Fsp3) is 0.333. The van der Waals surface area contributed by atoms with Gasteiger partial charge in [0.15, 0.2) is 9.95 Å². The van der Waals surface area contributed by atoms with E-state index in [9.17, 15) is 9.70 Å². The van der Waals surface area contributed by atoms with Gasteiger partial charge < -0.3 is 14.9 Å². The van der Waals surface area contributed by atoms with E-state index in [1.807, 2.05) is 0 Å². The van der Waals surface area contributed by atoms with Crippen molar-refractivity contribution in [3.63, 3.8) is 0 Å². The van der Waals surface area contributed by atoms with E-state index in [0.29, 0.717) is 5.03 Å². The minimum atomic E-state index is -1.00. The number of carboxylic acid groups (broad SMARTS) is 1. The normalized spacial score (nSPS) is 10.1. The number of aryl methyl sites for hydroxylation is 1. The molecule has 0 aliphatic rings. The Kier molecular flexibility index (Phi) is 3.07. The molecule has 0 unspecified atom stereocenters. The SMILES string of the molecule is Cn1cnc([N+](=O)O)c1SCC(=O)O. The maximum atomic E-state index is 10.6. The Morgan fingerprint density at radius 1 is 1.79 bits per heavy atom. The fourth-order valence-corrected chi connectivity index (χ4v) is 1.61. The lowest BCUT2D eigenvalue weighted by molar-refractivity contribution is -0.733. The van der Waals surface area contributed by atoms with Crippen LogP contribution in [0.4, 0.5) is 5.82 Å². The fourth-order valence-electron chi connectivity index (χ4n) is 0.834. The van der Waals surface area contributed by atoms with Gasteiger partial charge in [0.1, 0.15) is 0 Å². The number of aliphatic carboxylic acids is 1. The highest BCUT2D eigenvalue weighted by Crippen LogP contribution is 2.26. The molecule has 0 spiro atoms. The Morgan fingerprint density at radius 3 is 2.93 bits per heavy atom. The van der Waals surface area contributed by atoms with E-state index in [1.165, 1.54) is 10.9 Å². The molecule has 0 amide bonds. The van der Waals surface area contributed by atoms with Crippen molar-refractivity contribution in [2.75, 3.05) is 5.75 Å². The quantitative estimate of drug-likeness (QED) is 0.561. The van der Waals surface area contributed by atoms with E-state index in [2.05, 4.69) is 4.98 Å². The molecule has 0 radical (unpaired) electrons. The van der Waals surface area contributed by atoms with Crippen LogP contribution in [0.25, 0.3) is 0 Å². The Bertz CT molecular complexity index is 375. The lowest BCUT2D eigenvalue weighted by atomic mass is 10.8. The molecule has 0 aliphatic heterocycles. The molecule has 0 saturated heterocycles. The molecular formula is C6H8N3O4S+. The van der Waals surface area contributed by atoms with E-state index < -0.39 is 5.97 Å². The van der Waals surface area contributed by atoms with Crippen LogP contribution in [-0.4, -0.2) is 36.5 Å². The van der Waals surface area contributed by atoms with Gasteiger partial charge in [0.25, 0.3) is 0 Å². The summed E-state index contributed by atoms with van der Waals surface area (Å²) in [7, 11) is 1.60. The summed E-state index contributed by atoms with van der Waals surface area (Å²) in [5.74, 6) is -1.39. The van der Waals surface area contributed by atoms with Gasteiger partial charge in [-0.2, -0.15) is 0 Å². The van der Waals surface area contributed by atoms with Gasteiger partial charge in [0.05, 0.1) is 5.75 Å². The second kappa shape index (κ2) is 4.09. The minimum Gasteiger partial charge on any atom is -0.481 e. The van der Waals surface area contributed by atoms with Crippen molar-refractivity contribution >= 4 is 23.5 Å². The van der Waals surface area contributed by atoms with Crippen molar-refractivity contribution in [1.82, 2.24) is 9.55 Å². The predicted octanol–water partition coefficient (Wildman–Crippen LogP) is 0.396. The molecule has 0 atom stereocenters. The molecule has 1 rings (SSSR count). The first-order valence-electron chi connectivity index (χ1n) is 3.54. The first-order valence-corrected chi connectivity index (χ1v) is 4.53. The summed E-state index contributed by atoms with van der Waals surface area (Å²) in [6, 6.07) is 0. The maximum absolute atomic E-state index is 10.6. The van der Waals surface area contributed by atoms with Crippen LogP contribution in [-0.2, 0) is 11.8 Å². The zero-order valence-electron chi connectivity index (χ0n) is 7.25. The highest BCUT2D eigenvalue weighted by molar-refractivity contribution is 8.00. The zero-order chi connectivity index (χ0) is 10.7. The summed E-state index contributed by atoms with van der Waals surface area (Å²) in [6.45, 7) is 0. The van der Waals surface area contributed by atoms with E-state index in [0.717, 1.165) is 11.8 Å². The number of hydrogen-bond donors (Lipinski definition) is 2. The number of imidazole rings is 1. The van der Waals surface area contributed by atoms with Crippen LogP contribution in [0.2, 0.25) is 0 Å². The summed E-state index contributed by atoms with van der Waals surface area (Å²) in [4.78, 5) is 24.1. The van der Waals surface area contributed by atoms with Crippen molar-refractivity contribution in [3.8, 4) is 0 Å². The molecule has 1 aromatic rings. The van der Waals surface area contributed by atoms with Crippen molar-refractivity contribution < 1.29 is 20.0 Å². The Hall–Kier alpha value is -1.57. The molecule has 0 aromatic carbocycles. The van der Waals surface area contributed by atoms with Crippen LogP contribution in [0.15, 0.2) is 11.4 Å². The van der Waals surface area contributed by atoms with Gasteiger partial charge in [-0.1, -0.05) is 11.8 Å². The predicted molar refractivity (Wildman–Crippen MR) is 46.6 cm³/mol. The van der Waals surface area contributed by atoms with E-state index in [-0.39, 0.29) is 16.5 Å². The van der Waals surface area contributed by atoms with Gasteiger partial charge >= 0.3 is 11.8 Å². The Balaban J connectivity index is 2.88. The second-order valence-electron chi connectivity index (χ2n) is 2.44. The number of aromatic nitrogens is 2. The number of thioether (sulfide) groups is 1. The van der Waals surface area contributed by atoms with Crippen LogP contribution in [0.1, 0.15) is 0 Å². The molecule has 1 aromatic heterocycles. The summed E-state index contributed by atoms with van der Waals surface area (Å²) in [6.07, 6.45) is 1.32. The number of hydrogen-bond acceptors (Lipinski definition) is 4. The zero-order valence-corrected chi connectivity index (χ0v) is 8.06. The third-order valence-corrected chi connectivity index (χ3v) is 2.51. The van der Waals surface area contributed by atoms with Gasteiger partial charge in [-0.15, -0.1) is 0 Å². The number of carboxylic acids is 1. The lowest BCUT2D eigenvalue weighted by Crippen LogP contribution is -2.01. The summed E-state index contributed by atoms with van der Waals surface area (Å²) < 4.78 is 1.46. The summed E-state index contributed by atoms with van der Waals surface area (Å²) >= 11 is 0.916. The van der Waals surface area contributed by atoms with Crippen molar-refractivity contribution in [2.45, 2.75) is 5.03 Å². The van der Waals surface area contributed by atoms with Gasteiger partial charge in [0.2, 0.25) is 6.33 Å². The number of nitrogens with zero attached hydrogens (tertiary/aromatic N) is 3. The maximum Gasteiger partial charge on any atom is 0.440 e. The van der Waals surface area contributed by atoms with Gasteiger partial charge in [0, 0.05) is 7.05 Å². The van der Waals surface area contributed by atoms with E-state index >= 15 is 0 Å². The smallest absolute Gasteiger partial charge is 0.440 e. The van der Waals surface area contributed by atoms with Crippen LogP contribution < -0.4 is 0 Å². The van der Waals surface area contributed by atoms with E-state index in [1.54, 1.807) is 7.05 Å². The highest BCUT2D eigenvalue weighted by atomic mass is 32.2. The van der Waals surface area contributed by atoms with Gasteiger partial charge in [-0.25, -0.2) is 0 Å². The van der Waals surface area contributed by atoms with Crippen LogP contribution in [0.3, 0.4) is 0 Å². The molecule has 14 heavy (non-hydrogen) atoms. The molecular weight excluding hydrogens is 210 g/mol. The Morgan fingerprint density at radius 2 is 2.43 bits per heavy atom. The van der Waals surface area contributed by atoms with Crippen molar-refractivity contribution in [1.29, 1.82) is 0 Å². The number of rotatable bonds is 4. The average molecular weight is 218 g/mol. The van der Waals surface area contributed by atoms with Crippen molar-refractivity contribution in [2.24, 2.45) is 7.05 Å². The molecule has 8 heteroatoms. The van der Waals surface area contributed by atoms with Crippen LogP contribution in [0, 0.1) is 4.91 Å². The summed E-state index contributed by atoms with van der Waals surface area (Å²) in [5.41, 5.74) is 0. The molecule has 0 bridgehead atoms. The largest absolute Gasteiger partial charge is 0.481 e. The third kappa shape index (κ3) is 2.22. The van der Waals surface area contributed by atoms with E-state index in [4.69, 9.17) is 10.3 Å². The number of carbonyl (C=O) groups is 1. The van der Waals surface area contributed by atoms with Gasteiger partial charge in [-0.3, -0.25) is 4.79 Å². The molecule has 0 saturated carbocycles. The van der Waals surface area contributed by atoms with Crippen LogP contribution >= 0.6 is 11.8 Å². The molecule has 0 aliphatic carbocycles. The third-order valence-electron chi connectivity index (χ3n) is 1.38. The first kappa shape index (κ1) is 10.5. The second-order valence-corrected chi connectivity index (χ2v) is 3.40. The lowest BCUT2D eigenvalue weighted by Gasteiger charge is -1.96. The first-order chi connectivity index (χ1) is 6.52. The minimum absolute atomic E-state index is 0.194.